The third kappa shape index (κ3) is 4.18. The minimum atomic E-state index is -1.97. The highest BCUT2D eigenvalue weighted by atomic mass is 16.7. The Morgan fingerprint density at radius 2 is 1.93 bits per heavy atom. The van der Waals surface area contributed by atoms with Gasteiger partial charge in [0.05, 0.1) is 30.5 Å². The summed E-state index contributed by atoms with van der Waals surface area (Å²) in [5.41, 5.74) is -3.20. The lowest BCUT2D eigenvalue weighted by Gasteiger charge is -2.63. The molecule has 5 fully saturated rings. The Balaban J connectivity index is 1.22. The number of aliphatic hydroxyl groups is 3. The summed E-state index contributed by atoms with van der Waals surface area (Å²) in [6.07, 6.45) is 4.10. The third-order valence-electron chi connectivity index (χ3n) is 12.1. The van der Waals surface area contributed by atoms with E-state index in [4.69, 9.17) is 18.9 Å². The fourth-order valence-electron chi connectivity index (χ4n) is 10.1. The maximum absolute atomic E-state index is 13.0. The van der Waals surface area contributed by atoms with E-state index in [2.05, 4.69) is 6.92 Å². The number of cyclic esters (lactones) is 1. The number of aldehydes is 1. The summed E-state index contributed by atoms with van der Waals surface area (Å²) >= 11 is 0. The first-order valence-electron chi connectivity index (χ1n) is 15.4. The number of carbonyl (C=O) groups excluding carboxylic acids is 3. The predicted molar refractivity (Wildman–Crippen MR) is 143 cm³/mol. The Morgan fingerprint density at radius 3 is 2.61 bits per heavy atom. The number of ether oxygens (including phenoxy) is 4. The van der Waals surface area contributed by atoms with E-state index < -0.39 is 52.6 Å². The summed E-state index contributed by atoms with van der Waals surface area (Å²) < 4.78 is 22.2. The smallest absolute Gasteiger partial charge is 0.343 e. The summed E-state index contributed by atoms with van der Waals surface area (Å²) in [7, 11) is 0. The minimum Gasteiger partial charge on any atom is -0.464 e. The molecule has 1 saturated heterocycles. The standard InChI is InChI=1S/C31H44O10/c1-4-38-26(35)30(36)13-17(2)40-27(30)41-24-12-19-5-6-22-21(29(19,16-32)14-23(24)33)7-9-28(3)20(8-10-31(22,28)37)18-11-25(34)39-15-18/h11,16-17,19-24,27,33,36-37H,4-10,12-15H2,1-3H3/t17-,19+,20-,21+,22-,23-,24-,27+,28-,29-,30+,31+/m1/s1. The molecular weight excluding hydrogens is 532 g/mol. The lowest BCUT2D eigenvalue weighted by atomic mass is 9.43. The van der Waals surface area contributed by atoms with Crippen molar-refractivity contribution < 1.29 is 48.7 Å². The van der Waals surface area contributed by atoms with Gasteiger partial charge in [0, 0.05) is 23.3 Å². The summed E-state index contributed by atoms with van der Waals surface area (Å²) in [5, 5.41) is 35.0. The average molecular weight is 577 g/mol. The van der Waals surface area contributed by atoms with Gasteiger partial charge in [0.1, 0.15) is 12.9 Å². The van der Waals surface area contributed by atoms with Gasteiger partial charge < -0.3 is 39.1 Å². The molecule has 2 aliphatic heterocycles. The summed E-state index contributed by atoms with van der Waals surface area (Å²) in [5.74, 6) is -1.31. The average Bonchev–Trinajstić information content (AvgIpc) is 3.57. The van der Waals surface area contributed by atoms with Crippen molar-refractivity contribution in [2.75, 3.05) is 13.2 Å². The molecular formula is C31H44O10. The van der Waals surface area contributed by atoms with Gasteiger partial charge in [-0.2, -0.15) is 0 Å². The molecule has 12 atom stereocenters. The monoisotopic (exact) mass is 576 g/mol. The molecule has 0 aromatic rings. The Kier molecular flexibility index (Phi) is 7.21. The zero-order chi connectivity index (χ0) is 29.4. The van der Waals surface area contributed by atoms with Gasteiger partial charge in [0.2, 0.25) is 5.60 Å². The molecule has 228 valence electrons. The maximum atomic E-state index is 13.0. The van der Waals surface area contributed by atoms with E-state index in [1.807, 2.05) is 0 Å². The molecule has 41 heavy (non-hydrogen) atoms. The summed E-state index contributed by atoms with van der Waals surface area (Å²) in [6, 6.07) is 0. The highest BCUT2D eigenvalue weighted by Crippen LogP contribution is 2.69. The zero-order valence-corrected chi connectivity index (χ0v) is 24.3. The number of hydrogen-bond donors (Lipinski definition) is 3. The molecule has 0 aromatic heterocycles. The molecule has 10 nitrogen and oxygen atoms in total. The lowest BCUT2D eigenvalue weighted by Crippen LogP contribution is -2.65. The van der Waals surface area contributed by atoms with E-state index in [1.165, 1.54) is 0 Å². The number of carbonyl (C=O) groups is 3. The molecule has 6 rings (SSSR count). The van der Waals surface area contributed by atoms with Crippen molar-refractivity contribution in [3.8, 4) is 0 Å². The van der Waals surface area contributed by atoms with Crippen LogP contribution in [0, 0.1) is 34.5 Å². The first-order chi connectivity index (χ1) is 19.4. The van der Waals surface area contributed by atoms with E-state index in [-0.39, 0.29) is 55.7 Å². The Bertz CT molecular complexity index is 1120. The molecule has 0 unspecified atom stereocenters. The van der Waals surface area contributed by atoms with E-state index in [9.17, 15) is 29.7 Å². The molecule has 0 radical (unpaired) electrons. The van der Waals surface area contributed by atoms with Crippen LogP contribution >= 0.6 is 0 Å². The molecule has 3 N–H and O–H groups in total. The van der Waals surface area contributed by atoms with Crippen LogP contribution in [-0.2, 0) is 33.3 Å². The van der Waals surface area contributed by atoms with Crippen LogP contribution in [0.4, 0.5) is 0 Å². The van der Waals surface area contributed by atoms with Crippen LogP contribution < -0.4 is 0 Å². The van der Waals surface area contributed by atoms with E-state index >= 15 is 0 Å². The van der Waals surface area contributed by atoms with E-state index in [1.54, 1.807) is 19.9 Å². The fourth-order valence-corrected chi connectivity index (χ4v) is 10.1. The third-order valence-corrected chi connectivity index (χ3v) is 12.1. The van der Waals surface area contributed by atoms with Crippen LogP contribution in [0.15, 0.2) is 11.6 Å². The predicted octanol–water partition coefficient (Wildman–Crippen LogP) is 2.21. The Morgan fingerprint density at radius 1 is 1.15 bits per heavy atom. The van der Waals surface area contributed by atoms with Gasteiger partial charge in [-0.1, -0.05) is 6.92 Å². The Labute approximate surface area is 240 Å². The molecule has 4 saturated carbocycles. The number of rotatable bonds is 6. The van der Waals surface area contributed by atoms with Crippen molar-refractivity contribution in [1.82, 2.24) is 0 Å². The van der Waals surface area contributed by atoms with E-state index in [0.29, 0.717) is 19.3 Å². The molecule has 0 spiro atoms. The van der Waals surface area contributed by atoms with Gasteiger partial charge in [0.25, 0.3) is 0 Å². The SMILES string of the molecule is CCOC(=O)[C@@]1(O)C[C@@H](C)O[C@H]1O[C@@H]1C[C@@H]2CC[C@@H]3[C@H](CC[C@]4(C)[C@@H](C5=CC(=O)OC5)CC[C@]34O)[C@@]2(C=O)C[C@H]1O. The second kappa shape index (κ2) is 10.1. The topological polar surface area (TPSA) is 149 Å². The second-order valence-electron chi connectivity index (χ2n) is 13.8. The largest absolute Gasteiger partial charge is 0.464 e. The van der Waals surface area contributed by atoms with Gasteiger partial charge in [0.15, 0.2) is 6.29 Å². The van der Waals surface area contributed by atoms with Gasteiger partial charge in [-0.15, -0.1) is 0 Å². The van der Waals surface area contributed by atoms with Crippen molar-refractivity contribution in [2.45, 2.75) is 114 Å². The van der Waals surface area contributed by atoms with Crippen LogP contribution in [-0.4, -0.2) is 82.6 Å². The lowest BCUT2D eigenvalue weighted by molar-refractivity contribution is -0.262. The number of esters is 2. The van der Waals surface area contributed by atoms with Crippen LogP contribution in [0.1, 0.15) is 78.6 Å². The number of aliphatic hydroxyl groups excluding tert-OH is 1. The molecule has 4 aliphatic carbocycles. The van der Waals surface area contributed by atoms with Crippen molar-refractivity contribution >= 4 is 18.2 Å². The van der Waals surface area contributed by atoms with Crippen molar-refractivity contribution in [1.29, 1.82) is 0 Å². The van der Waals surface area contributed by atoms with Crippen LogP contribution in [0.3, 0.4) is 0 Å². The second-order valence-corrected chi connectivity index (χ2v) is 13.8. The van der Waals surface area contributed by atoms with Gasteiger partial charge in [-0.25, -0.2) is 9.59 Å². The highest BCUT2D eigenvalue weighted by molar-refractivity contribution is 5.85. The quantitative estimate of drug-likeness (QED) is 0.317. The van der Waals surface area contributed by atoms with Crippen LogP contribution in [0.25, 0.3) is 0 Å². The van der Waals surface area contributed by atoms with E-state index in [0.717, 1.165) is 37.5 Å². The minimum absolute atomic E-state index is 0.0281. The molecule has 6 aliphatic rings. The maximum Gasteiger partial charge on any atom is 0.343 e. The molecule has 0 bridgehead atoms. The van der Waals surface area contributed by atoms with Gasteiger partial charge in [-0.05, 0) is 94.5 Å². The van der Waals surface area contributed by atoms with Crippen molar-refractivity contribution in [2.24, 2.45) is 34.5 Å². The number of hydrogen-bond acceptors (Lipinski definition) is 10. The molecule has 0 amide bonds. The highest BCUT2D eigenvalue weighted by Gasteiger charge is 2.69. The molecule has 10 heteroatoms. The first kappa shape index (κ1) is 29.2. The van der Waals surface area contributed by atoms with Gasteiger partial charge >= 0.3 is 11.9 Å². The van der Waals surface area contributed by atoms with Crippen molar-refractivity contribution in [3.63, 3.8) is 0 Å². The fraction of sp³-hybridized carbons (Fsp3) is 0.839. The number of fused-ring (bicyclic) bond motifs is 5. The zero-order valence-electron chi connectivity index (χ0n) is 24.3. The van der Waals surface area contributed by atoms with Crippen LogP contribution in [0.2, 0.25) is 0 Å². The van der Waals surface area contributed by atoms with Crippen LogP contribution in [0.5, 0.6) is 0 Å². The summed E-state index contributed by atoms with van der Waals surface area (Å²) in [6.45, 7) is 5.93. The normalized spacial score (nSPS) is 50.8. The summed E-state index contributed by atoms with van der Waals surface area (Å²) in [4.78, 5) is 37.5. The van der Waals surface area contributed by atoms with Gasteiger partial charge in [-0.3, -0.25) is 0 Å². The Hall–Kier alpha value is -1.85. The molecule has 0 aromatic carbocycles. The molecule has 2 heterocycles. The first-order valence-corrected chi connectivity index (χ1v) is 15.4. The van der Waals surface area contributed by atoms with Crippen molar-refractivity contribution in [3.05, 3.63) is 11.6 Å².